The zero-order valence-electron chi connectivity index (χ0n) is 11.1. The average Bonchev–Trinajstić information content (AvgIpc) is 2.88. The fourth-order valence-electron chi connectivity index (χ4n) is 2.43. The largest absolute Gasteiger partial charge is 0.480 e. The molecule has 0 saturated carbocycles. The van der Waals surface area contributed by atoms with Crippen molar-refractivity contribution in [2.24, 2.45) is 0 Å². The van der Waals surface area contributed by atoms with Crippen molar-refractivity contribution in [1.29, 1.82) is 0 Å². The Hall–Kier alpha value is -1.40. The monoisotopic (exact) mass is 341 g/mol. The van der Waals surface area contributed by atoms with Crippen LogP contribution in [0.25, 0.3) is 0 Å². The molecule has 0 unspecified atom stereocenters. The lowest BCUT2D eigenvalue weighted by Gasteiger charge is -2.21. The highest BCUT2D eigenvalue weighted by Crippen LogP contribution is 2.25. The Morgan fingerprint density at radius 3 is 2.85 bits per heavy atom. The maximum atomic E-state index is 11.4. The number of carbonyl (C=O) groups is 2. The highest BCUT2D eigenvalue weighted by atomic mass is 79.9. The number of carboxylic acid groups (broad SMARTS) is 1. The standard InChI is InChI=1S/C14H16BrNO4/c1-20-14(19)9-4-5-10(11(15)7-9)8-16-6-2-3-12(16)13(17)18/h4-5,7,12H,2-3,6,8H2,1H3,(H,17,18)/t12-/m1/s1. The van der Waals surface area contributed by atoms with Gasteiger partial charge < -0.3 is 9.84 Å². The van der Waals surface area contributed by atoms with Crippen LogP contribution in [-0.4, -0.2) is 41.6 Å². The van der Waals surface area contributed by atoms with Crippen molar-refractivity contribution in [2.75, 3.05) is 13.7 Å². The van der Waals surface area contributed by atoms with Gasteiger partial charge in [0, 0.05) is 11.0 Å². The van der Waals surface area contributed by atoms with E-state index in [4.69, 9.17) is 5.11 Å². The summed E-state index contributed by atoms with van der Waals surface area (Å²) in [6.07, 6.45) is 1.59. The molecule has 0 spiro atoms. The molecule has 1 heterocycles. The fourth-order valence-corrected chi connectivity index (χ4v) is 2.94. The maximum absolute atomic E-state index is 11.4. The van der Waals surface area contributed by atoms with Crippen LogP contribution < -0.4 is 0 Å². The summed E-state index contributed by atoms with van der Waals surface area (Å²) < 4.78 is 5.45. The number of halogens is 1. The van der Waals surface area contributed by atoms with E-state index in [1.165, 1.54) is 7.11 Å². The van der Waals surface area contributed by atoms with Crippen LogP contribution in [0, 0.1) is 0 Å². The lowest BCUT2D eigenvalue weighted by molar-refractivity contribution is -0.142. The third kappa shape index (κ3) is 3.19. The molecule has 1 aliphatic heterocycles. The summed E-state index contributed by atoms with van der Waals surface area (Å²) in [5.74, 6) is -1.16. The molecule has 20 heavy (non-hydrogen) atoms. The van der Waals surface area contributed by atoms with Gasteiger partial charge in [-0.1, -0.05) is 22.0 Å². The summed E-state index contributed by atoms with van der Waals surface area (Å²) >= 11 is 3.43. The Bertz CT molecular complexity index is 532. The molecule has 2 rings (SSSR count). The molecular weight excluding hydrogens is 326 g/mol. The molecule has 0 aliphatic carbocycles. The van der Waals surface area contributed by atoms with Crippen molar-refractivity contribution >= 4 is 27.9 Å². The van der Waals surface area contributed by atoms with Gasteiger partial charge in [0.15, 0.2) is 0 Å². The summed E-state index contributed by atoms with van der Waals surface area (Å²) in [4.78, 5) is 24.5. The Morgan fingerprint density at radius 1 is 1.50 bits per heavy atom. The van der Waals surface area contributed by atoms with Crippen LogP contribution in [0.5, 0.6) is 0 Å². The first-order valence-electron chi connectivity index (χ1n) is 6.36. The third-order valence-electron chi connectivity index (χ3n) is 3.50. The average molecular weight is 342 g/mol. The van der Waals surface area contributed by atoms with Gasteiger partial charge in [0.2, 0.25) is 0 Å². The molecule has 0 radical (unpaired) electrons. The van der Waals surface area contributed by atoms with Gasteiger partial charge in [-0.25, -0.2) is 4.79 Å². The number of esters is 1. The van der Waals surface area contributed by atoms with Gasteiger partial charge >= 0.3 is 11.9 Å². The third-order valence-corrected chi connectivity index (χ3v) is 4.23. The van der Waals surface area contributed by atoms with E-state index in [0.29, 0.717) is 18.5 Å². The van der Waals surface area contributed by atoms with Crippen molar-refractivity contribution in [3.8, 4) is 0 Å². The lowest BCUT2D eigenvalue weighted by Crippen LogP contribution is -2.35. The second-order valence-electron chi connectivity index (χ2n) is 4.76. The van der Waals surface area contributed by atoms with Gasteiger partial charge in [0.05, 0.1) is 12.7 Å². The van der Waals surface area contributed by atoms with E-state index in [1.54, 1.807) is 12.1 Å². The van der Waals surface area contributed by atoms with E-state index >= 15 is 0 Å². The Labute approximate surface area is 125 Å². The van der Waals surface area contributed by atoms with E-state index in [0.717, 1.165) is 23.0 Å². The Balaban J connectivity index is 2.14. The first kappa shape index (κ1) is 15.0. The minimum atomic E-state index is -0.773. The zero-order valence-corrected chi connectivity index (χ0v) is 12.7. The van der Waals surface area contributed by atoms with Crippen LogP contribution in [0.1, 0.15) is 28.8 Å². The van der Waals surface area contributed by atoms with E-state index in [9.17, 15) is 9.59 Å². The highest BCUT2D eigenvalue weighted by Gasteiger charge is 2.30. The fraction of sp³-hybridized carbons (Fsp3) is 0.429. The number of methoxy groups -OCH3 is 1. The van der Waals surface area contributed by atoms with Crippen LogP contribution in [0.2, 0.25) is 0 Å². The molecular formula is C14H16BrNO4. The first-order chi connectivity index (χ1) is 9.52. The number of benzene rings is 1. The molecule has 0 bridgehead atoms. The Morgan fingerprint density at radius 2 is 2.25 bits per heavy atom. The predicted molar refractivity (Wildman–Crippen MR) is 76.5 cm³/mol. The number of carbonyl (C=O) groups excluding carboxylic acids is 1. The molecule has 0 amide bonds. The maximum Gasteiger partial charge on any atom is 0.337 e. The van der Waals surface area contributed by atoms with Crippen LogP contribution >= 0.6 is 15.9 Å². The number of hydrogen-bond donors (Lipinski definition) is 1. The number of aliphatic carboxylic acids is 1. The molecule has 0 aromatic heterocycles. The van der Waals surface area contributed by atoms with Crippen LogP contribution in [0.15, 0.2) is 22.7 Å². The van der Waals surface area contributed by atoms with Crippen molar-refractivity contribution in [3.05, 3.63) is 33.8 Å². The minimum Gasteiger partial charge on any atom is -0.480 e. The van der Waals surface area contributed by atoms with Gasteiger partial charge in [0.25, 0.3) is 0 Å². The number of nitrogens with zero attached hydrogens (tertiary/aromatic N) is 1. The molecule has 1 atom stereocenters. The molecule has 1 aromatic carbocycles. The summed E-state index contributed by atoms with van der Waals surface area (Å²) in [7, 11) is 1.34. The molecule has 1 fully saturated rings. The summed E-state index contributed by atoms with van der Waals surface area (Å²) in [5.41, 5.74) is 1.44. The van der Waals surface area contributed by atoms with Gasteiger partial charge in [-0.3, -0.25) is 9.69 Å². The predicted octanol–water partition coefficient (Wildman–Crippen LogP) is 2.28. The molecule has 1 saturated heterocycles. The summed E-state index contributed by atoms with van der Waals surface area (Å²) in [6, 6.07) is 4.81. The van der Waals surface area contributed by atoms with Crippen LogP contribution in [0.3, 0.4) is 0 Å². The van der Waals surface area contributed by atoms with E-state index in [2.05, 4.69) is 20.7 Å². The van der Waals surface area contributed by atoms with Gasteiger partial charge in [-0.15, -0.1) is 0 Å². The Kier molecular flexibility index (Phi) is 4.77. The number of hydrogen-bond acceptors (Lipinski definition) is 4. The van der Waals surface area contributed by atoms with Gasteiger partial charge in [-0.05, 0) is 37.1 Å². The summed E-state index contributed by atoms with van der Waals surface area (Å²) in [5, 5.41) is 9.17. The first-order valence-corrected chi connectivity index (χ1v) is 7.16. The minimum absolute atomic E-state index is 0.387. The number of ether oxygens (including phenoxy) is 1. The molecule has 1 aromatic rings. The van der Waals surface area contributed by atoms with Crippen molar-refractivity contribution in [2.45, 2.75) is 25.4 Å². The van der Waals surface area contributed by atoms with Crippen molar-refractivity contribution in [3.63, 3.8) is 0 Å². The van der Waals surface area contributed by atoms with Crippen LogP contribution in [0.4, 0.5) is 0 Å². The second kappa shape index (κ2) is 6.37. The number of carboxylic acids is 1. The lowest BCUT2D eigenvalue weighted by atomic mass is 10.1. The molecule has 6 heteroatoms. The van der Waals surface area contributed by atoms with Gasteiger partial charge in [0.1, 0.15) is 6.04 Å². The molecule has 1 aliphatic rings. The quantitative estimate of drug-likeness (QED) is 0.851. The SMILES string of the molecule is COC(=O)c1ccc(CN2CCC[C@@H]2C(=O)O)c(Br)c1. The van der Waals surface area contributed by atoms with E-state index in [1.807, 2.05) is 11.0 Å². The van der Waals surface area contributed by atoms with Gasteiger partial charge in [-0.2, -0.15) is 0 Å². The summed E-state index contributed by atoms with van der Waals surface area (Å²) in [6.45, 7) is 1.33. The molecule has 108 valence electrons. The molecule has 5 nitrogen and oxygen atoms in total. The van der Waals surface area contributed by atoms with Crippen LogP contribution in [-0.2, 0) is 16.1 Å². The number of rotatable bonds is 4. The molecule has 1 N–H and O–H groups in total. The van der Waals surface area contributed by atoms with E-state index in [-0.39, 0.29) is 5.97 Å². The van der Waals surface area contributed by atoms with E-state index < -0.39 is 12.0 Å². The second-order valence-corrected chi connectivity index (χ2v) is 5.62. The van der Waals surface area contributed by atoms with Crippen molar-refractivity contribution in [1.82, 2.24) is 4.90 Å². The highest BCUT2D eigenvalue weighted by molar-refractivity contribution is 9.10. The smallest absolute Gasteiger partial charge is 0.337 e. The number of likely N-dealkylation sites (tertiary alicyclic amines) is 1. The normalized spacial score (nSPS) is 19.0. The van der Waals surface area contributed by atoms with Crippen molar-refractivity contribution < 1.29 is 19.4 Å². The zero-order chi connectivity index (χ0) is 14.7. The topological polar surface area (TPSA) is 66.8 Å².